The van der Waals surface area contributed by atoms with Crippen molar-refractivity contribution < 1.29 is 14.3 Å². The molecule has 0 spiro atoms. The minimum atomic E-state index is 0.1000. The molecule has 2 N–H and O–H groups in total. The third kappa shape index (κ3) is 8.66. The van der Waals surface area contributed by atoms with Crippen LogP contribution in [0.1, 0.15) is 32.3 Å². The van der Waals surface area contributed by atoms with Crippen molar-refractivity contribution in [1.29, 1.82) is 0 Å². The van der Waals surface area contributed by atoms with Crippen molar-refractivity contribution in [2.75, 3.05) is 47.4 Å². The zero-order valence-electron chi connectivity index (χ0n) is 17.3. The van der Waals surface area contributed by atoms with E-state index in [0.29, 0.717) is 26.1 Å². The number of benzene rings is 1. The molecule has 0 aliphatic rings. The first kappa shape index (κ1) is 22.6. The summed E-state index contributed by atoms with van der Waals surface area (Å²) in [4.78, 5) is 17.8. The number of nitrogens with one attached hydrogen (secondary N) is 2. The van der Waals surface area contributed by atoms with Crippen molar-refractivity contribution in [3.63, 3.8) is 0 Å². The average Bonchev–Trinajstić information content (AvgIpc) is 2.65. The zero-order chi connectivity index (χ0) is 20.1. The monoisotopic (exact) mass is 378 g/mol. The van der Waals surface area contributed by atoms with Crippen LogP contribution in [0.15, 0.2) is 23.2 Å². The number of hydrogen-bond acceptors (Lipinski definition) is 4. The van der Waals surface area contributed by atoms with E-state index in [9.17, 15) is 4.79 Å². The van der Waals surface area contributed by atoms with E-state index in [1.54, 1.807) is 26.1 Å². The normalized spacial score (nSPS) is 11.1. The number of aryl methyl sites for hydroxylation is 1. The molecule has 1 amide bonds. The summed E-state index contributed by atoms with van der Waals surface area (Å²) in [6, 6.07) is 6.03. The van der Waals surface area contributed by atoms with E-state index >= 15 is 0 Å². The number of carbonyl (C=O) groups is 1. The maximum atomic E-state index is 11.6. The molecule has 1 rings (SSSR count). The molecule has 0 heterocycles. The van der Waals surface area contributed by atoms with E-state index in [0.717, 1.165) is 36.8 Å². The molecule has 1 aromatic carbocycles. The number of hydrogen-bond donors (Lipinski definition) is 2. The number of ether oxygens (including phenoxy) is 2. The molecule has 0 saturated carbocycles. The van der Waals surface area contributed by atoms with Crippen LogP contribution in [0, 0.1) is 0 Å². The molecule has 0 atom stereocenters. The van der Waals surface area contributed by atoms with Crippen LogP contribution in [-0.4, -0.2) is 64.2 Å². The lowest BCUT2D eigenvalue weighted by molar-refractivity contribution is -0.128. The number of methoxy groups -OCH3 is 1. The molecule has 0 radical (unpaired) electrons. The predicted octanol–water partition coefficient (Wildman–Crippen LogP) is 2.06. The largest absolute Gasteiger partial charge is 0.493 e. The summed E-state index contributed by atoms with van der Waals surface area (Å²) in [5, 5.41) is 6.40. The molecule has 0 bridgehead atoms. The molecular formula is C20H34N4O3. The summed E-state index contributed by atoms with van der Waals surface area (Å²) < 4.78 is 10.9. The molecular weight excluding hydrogens is 344 g/mol. The van der Waals surface area contributed by atoms with Crippen molar-refractivity contribution >= 4 is 11.9 Å². The van der Waals surface area contributed by atoms with Gasteiger partial charge in [-0.05, 0) is 44.4 Å². The lowest BCUT2D eigenvalue weighted by Gasteiger charge is -2.13. The van der Waals surface area contributed by atoms with Gasteiger partial charge in [-0.15, -0.1) is 0 Å². The number of aliphatic imine (C=N–C) groups is 1. The van der Waals surface area contributed by atoms with Gasteiger partial charge >= 0.3 is 0 Å². The Morgan fingerprint density at radius 1 is 1.19 bits per heavy atom. The van der Waals surface area contributed by atoms with Crippen LogP contribution in [0.25, 0.3) is 0 Å². The second kappa shape index (κ2) is 12.8. The quantitative estimate of drug-likeness (QED) is 0.350. The van der Waals surface area contributed by atoms with Crippen molar-refractivity contribution in [3.05, 3.63) is 23.8 Å². The van der Waals surface area contributed by atoms with Gasteiger partial charge < -0.3 is 25.0 Å². The van der Waals surface area contributed by atoms with Crippen LogP contribution in [0.3, 0.4) is 0 Å². The molecule has 7 heteroatoms. The maximum absolute atomic E-state index is 11.6. The summed E-state index contributed by atoms with van der Waals surface area (Å²) >= 11 is 0. The highest BCUT2D eigenvalue weighted by Crippen LogP contribution is 2.28. The van der Waals surface area contributed by atoms with Gasteiger partial charge in [0.15, 0.2) is 17.5 Å². The highest BCUT2D eigenvalue weighted by Gasteiger charge is 2.06. The van der Waals surface area contributed by atoms with E-state index in [4.69, 9.17) is 9.47 Å². The highest BCUT2D eigenvalue weighted by atomic mass is 16.5. The first-order chi connectivity index (χ1) is 13.0. The van der Waals surface area contributed by atoms with Gasteiger partial charge in [0.2, 0.25) is 5.91 Å². The van der Waals surface area contributed by atoms with Gasteiger partial charge in [0.1, 0.15) is 0 Å². The smallest absolute Gasteiger partial charge is 0.223 e. The minimum absolute atomic E-state index is 0.1000. The Balaban J connectivity index is 2.49. The summed E-state index contributed by atoms with van der Waals surface area (Å²) in [5.41, 5.74) is 1.20. The summed E-state index contributed by atoms with van der Waals surface area (Å²) in [6.45, 7) is 6.64. The third-order valence-electron chi connectivity index (χ3n) is 3.90. The van der Waals surface area contributed by atoms with E-state index < -0.39 is 0 Å². The maximum Gasteiger partial charge on any atom is 0.223 e. The summed E-state index contributed by atoms with van der Waals surface area (Å²) in [5.74, 6) is 2.38. The molecule has 0 fully saturated rings. The Labute approximate surface area is 163 Å². The zero-order valence-corrected chi connectivity index (χ0v) is 17.3. The molecule has 1 aromatic rings. The molecule has 0 unspecified atom stereocenters. The van der Waals surface area contributed by atoms with Crippen molar-refractivity contribution in [2.24, 2.45) is 4.99 Å². The lowest BCUT2D eigenvalue weighted by Crippen LogP contribution is -2.39. The molecule has 0 aliphatic carbocycles. The van der Waals surface area contributed by atoms with Crippen molar-refractivity contribution in [1.82, 2.24) is 15.5 Å². The standard InChI is InChI=1S/C20H34N4O3/c1-6-21-20(23-14-12-19(25)24(3)4)22-13-8-9-16-10-11-17(26-5)18(15-16)27-7-2/h10-11,15H,6-9,12-14H2,1-5H3,(H2,21,22,23). The van der Waals surface area contributed by atoms with Crippen LogP contribution in [0.2, 0.25) is 0 Å². The van der Waals surface area contributed by atoms with Crippen LogP contribution in [0.5, 0.6) is 11.5 Å². The Hall–Kier alpha value is -2.44. The molecule has 0 aromatic heterocycles. The lowest BCUT2D eigenvalue weighted by atomic mass is 10.1. The predicted molar refractivity (Wildman–Crippen MR) is 110 cm³/mol. The second-order valence-corrected chi connectivity index (χ2v) is 6.25. The van der Waals surface area contributed by atoms with Crippen molar-refractivity contribution in [2.45, 2.75) is 33.1 Å². The van der Waals surface area contributed by atoms with Crippen molar-refractivity contribution in [3.8, 4) is 11.5 Å². The molecule has 27 heavy (non-hydrogen) atoms. The molecule has 0 aliphatic heterocycles. The van der Waals surface area contributed by atoms with E-state index in [-0.39, 0.29) is 5.91 Å². The topological polar surface area (TPSA) is 75.2 Å². The van der Waals surface area contributed by atoms with E-state index in [1.807, 2.05) is 26.0 Å². The highest BCUT2D eigenvalue weighted by molar-refractivity contribution is 5.81. The average molecular weight is 379 g/mol. The van der Waals surface area contributed by atoms with Gasteiger partial charge in [0.25, 0.3) is 0 Å². The Kier molecular flexibility index (Phi) is 10.7. The van der Waals surface area contributed by atoms with Gasteiger partial charge in [-0.25, -0.2) is 0 Å². The Morgan fingerprint density at radius 3 is 2.59 bits per heavy atom. The van der Waals surface area contributed by atoms with Gasteiger partial charge in [-0.1, -0.05) is 6.07 Å². The Morgan fingerprint density at radius 2 is 1.96 bits per heavy atom. The fourth-order valence-electron chi connectivity index (χ4n) is 2.47. The first-order valence-electron chi connectivity index (χ1n) is 9.53. The summed E-state index contributed by atoms with van der Waals surface area (Å²) in [7, 11) is 5.17. The molecule has 152 valence electrons. The molecule has 7 nitrogen and oxygen atoms in total. The van der Waals surface area contributed by atoms with Crippen LogP contribution >= 0.6 is 0 Å². The minimum Gasteiger partial charge on any atom is -0.493 e. The summed E-state index contributed by atoms with van der Waals surface area (Å²) in [6.07, 6.45) is 2.28. The van der Waals surface area contributed by atoms with E-state index in [2.05, 4.69) is 21.7 Å². The second-order valence-electron chi connectivity index (χ2n) is 6.25. The van der Waals surface area contributed by atoms with Crippen LogP contribution < -0.4 is 20.1 Å². The number of rotatable bonds is 11. The van der Waals surface area contributed by atoms with Crippen LogP contribution in [0.4, 0.5) is 0 Å². The fourth-order valence-corrected chi connectivity index (χ4v) is 2.47. The first-order valence-corrected chi connectivity index (χ1v) is 9.53. The van der Waals surface area contributed by atoms with Gasteiger partial charge in [-0.2, -0.15) is 0 Å². The molecule has 0 saturated heterocycles. The number of guanidine groups is 1. The van der Waals surface area contributed by atoms with Gasteiger partial charge in [-0.3, -0.25) is 9.79 Å². The van der Waals surface area contributed by atoms with Gasteiger partial charge in [0.05, 0.1) is 13.7 Å². The number of amides is 1. The Bertz CT molecular complexity index is 603. The van der Waals surface area contributed by atoms with E-state index in [1.165, 1.54) is 5.56 Å². The number of carbonyl (C=O) groups excluding carboxylic acids is 1. The third-order valence-corrected chi connectivity index (χ3v) is 3.90. The number of nitrogens with zero attached hydrogens (tertiary/aromatic N) is 2. The fraction of sp³-hybridized carbons (Fsp3) is 0.600. The van der Waals surface area contributed by atoms with Crippen LogP contribution in [-0.2, 0) is 11.2 Å². The SMILES string of the molecule is CCNC(=NCCCc1ccc(OC)c(OCC)c1)NCCC(=O)N(C)C. The van der Waals surface area contributed by atoms with Gasteiger partial charge in [0, 0.05) is 40.2 Å².